The lowest BCUT2D eigenvalue weighted by atomic mass is 10.2. The van der Waals surface area contributed by atoms with Gasteiger partial charge in [0, 0.05) is 11.4 Å². The molecule has 0 aliphatic carbocycles. The van der Waals surface area contributed by atoms with Crippen LogP contribution in [0, 0.1) is 0 Å². The van der Waals surface area contributed by atoms with Gasteiger partial charge in [-0.1, -0.05) is 29.8 Å². The first kappa shape index (κ1) is 8.75. The van der Waals surface area contributed by atoms with E-state index in [0.717, 1.165) is 5.56 Å². The standard InChI is InChI=1S/C8H6BrClO/c9-8(11)5-6-3-1-2-4-7(6)10/h1-4H,5H2. The first-order valence-electron chi connectivity index (χ1n) is 3.12. The van der Waals surface area contributed by atoms with Crippen LogP contribution in [0.5, 0.6) is 0 Å². The van der Waals surface area contributed by atoms with E-state index in [1.807, 2.05) is 18.2 Å². The van der Waals surface area contributed by atoms with Gasteiger partial charge in [-0.25, -0.2) is 0 Å². The molecule has 0 saturated carbocycles. The molecule has 58 valence electrons. The molecule has 0 radical (unpaired) electrons. The minimum atomic E-state index is -0.0504. The molecule has 0 unspecified atom stereocenters. The Balaban J connectivity index is 2.86. The van der Waals surface area contributed by atoms with E-state index in [2.05, 4.69) is 15.9 Å². The Kier molecular flexibility index (Phi) is 3.09. The molecule has 1 aromatic rings. The summed E-state index contributed by atoms with van der Waals surface area (Å²) in [5.41, 5.74) is 0.857. The van der Waals surface area contributed by atoms with Crippen molar-refractivity contribution in [3.63, 3.8) is 0 Å². The summed E-state index contributed by atoms with van der Waals surface area (Å²) in [6, 6.07) is 7.30. The zero-order chi connectivity index (χ0) is 8.27. The van der Waals surface area contributed by atoms with Crippen molar-refractivity contribution >= 4 is 32.2 Å². The Morgan fingerprint density at radius 3 is 2.64 bits per heavy atom. The van der Waals surface area contributed by atoms with Crippen molar-refractivity contribution in [1.82, 2.24) is 0 Å². The van der Waals surface area contributed by atoms with Gasteiger partial charge in [0.1, 0.15) is 0 Å². The molecular weight excluding hydrogens is 227 g/mol. The molecule has 0 fully saturated rings. The van der Waals surface area contributed by atoms with Crippen molar-refractivity contribution in [3.05, 3.63) is 34.9 Å². The van der Waals surface area contributed by atoms with Crippen LogP contribution in [0.3, 0.4) is 0 Å². The van der Waals surface area contributed by atoms with E-state index in [4.69, 9.17) is 11.6 Å². The molecule has 0 aliphatic rings. The van der Waals surface area contributed by atoms with Crippen molar-refractivity contribution in [2.24, 2.45) is 0 Å². The van der Waals surface area contributed by atoms with Gasteiger partial charge < -0.3 is 0 Å². The van der Waals surface area contributed by atoms with Gasteiger partial charge in [0.2, 0.25) is 4.69 Å². The van der Waals surface area contributed by atoms with Crippen molar-refractivity contribution in [1.29, 1.82) is 0 Å². The highest BCUT2D eigenvalue weighted by molar-refractivity contribution is 9.18. The number of hydrogen-bond acceptors (Lipinski definition) is 1. The minimum Gasteiger partial charge on any atom is -0.286 e. The summed E-state index contributed by atoms with van der Waals surface area (Å²) >= 11 is 8.64. The van der Waals surface area contributed by atoms with Crippen molar-refractivity contribution in [3.8, 4) is 0 Å². The fourth-order valence-corrected chi connectivity index (χ4v) is 1.30. The largest absolute Gasteiger partial charge is 0.286 e. The van der Waals surface area contributed by atoms with E-state index >= 15 is 0 Å². The van der Waals surface area contributed by atoms with Gasteiger partial charge in [0.05, 0.1) is 0 Å². The van der Waals surface area contributed by atoms with Crippen molar-refractivity contribution in [2.75, 3.05) is 0 Å². The van der Waals surface area contributed by atoms with E-state index in [1.54, 1.807) is 6.07 Å². The first-order valence-corrected chi connectivity index (χ1v) is 4.29. The van der Waals surface area contributed by atoms with Crippen LogP contribution < -0.4 is 0 Å². The molecule has 0 amide bonds. The lowest BCUT2D eigenvalue weighted by Gasteiger charge is -1.97. The Morgan fingerprint density at radius 2 is 2.09 bits per heavy atom. The van der Waals surface area contributed by atoms with Crippen LogP contribution in [0.25, 0.3) is 0 Å². The minimum absolute atomic E-state index is 0.0504. The molecule has 0 bridgehead atoms. The Hall–Kier alpha value is -0.340. The van der Waals surface area contributed by atoms with Gasteiger partial charge >= 0.3 is 0 Å². The summed E-state index contributed by atoms with van der Waals surface area (Å²) in [6.07, 6.45) is 0.347. The summed E-state index contributed by atoms with van der Waals surface area (Å²) in [5.74, 6) is 0. The second-order valence-electron chi connectivity index (χ2n) is 2.12. The van der Waals surface area contributed by atoms with Gasteiger partial charge in [0.25, 0.3) is 0 Å². The number of carbonyl (C=O) groups is 1. The molecule has 0 aromatic heterocycles. The van der Waals surface area contributed by atoms with Crippen LogP contribution in [-0.4, -0.2) is 4.69 Å². The maximum atomic E-state index is 10.6. The third-order valence-corrected chi connectivity index (χ3v) is 1.94. The number of carbonyl (C=O) groups excluding carboxylic acids is 1. The van der Waals surface area contributed by atoms with Gasteiger partial charge in [-0.3, -0.25) is 4.79 Å². The average Bonchev–Trinajstić information content (AvgIpc) is 1.93. The molecule has 1 nitrogen and oxygen atoms in total. The Labute approximate surface area is 78.5 Å². The molecule has 11 heavy (non-hydrogen) atoms. The SMILES string of the molecule is O=C(Br)Cc1ccccc1Cl. The second-order valence-corrected chi connectivity index (χ2v) is 3.41. The molecule has 0 N–H and O–H groups in total. The third kappa shape index (κ3) is 2.64. The molecule has 0 saturated heterocycles. The van der Waals surface area contributed by atoms with E-state index in [9.17, 15) is 4.79 Å². The topological polar surface area (TPSA) is 17.1 Å². The average molecular weight is 233 g/mol. The molecular formula is C8H6BrClO. The fourth-order valence-electron chi connectivity index (χ4n) is 0.791. The third-order valence-electron chi connectivity index (χ3n) is 1.29. The summed E-state index contributed by atoms with van der Waals surface area (Å²) in [7, 11) is 0. The fraction of sp³-hybridized carbons (Fsp3) is 0.125. The van der Waals surface area contributed by atoms with Crippen LogP contribution in [0.1, 0.15) is 5.56 Å². The normalized spacial score (nSPS) is 9.64. The maximum absolute atomic E-state index is 10.6. The Bertz CT molecular complexity index is 273. The Morgan fingerprint density at radius 1 is 1.45 bits per heavy atom. The summed E-state index contributed by atoms with van der Waals surface area (Å²) in [5, 5.41) is 0.639. The van der Waals surface area contributed by atoms with E-state index in [0.29, 0.717) is 11.4 Å². The number of hydrogen-bond donors (Lipinski definition) is 0. The van der Waals surface area contributed by atoms with Crippen LogP contribution >= 0.6 is 27.5 Å². The highest BCUT2D eigenvalue weighted by atomic mass is 79.9. The number of halogens is 2. The molecule has 0 aliphatic heterocycles. The predicted octanol–water partition coefficient (Wildman–Crippen LogP) is 2.80. The predicted molar refractivity (Wildman–Crippen MR) is 49.1 cm³/mol. The monoisotopic (exact) mass is 232 g/mol. The summed E-state index contributed by atoms with van der Waals surface area (Å²) in [4.78, 5) is 10.6. The van der Waals surface area contributed by atoms with Gasteiger partial charge in [-0.05, 0) is 27.6 Å². The van der Waals surface area contributed by atoms with E-state index < -0.39 is 0 Å². The summed E-state index contributed by atoms with van der Waals surface area (Å²) < 4.78 is -0.0504. The van der Waals surface area contributed by atoms with Crippen molar-refractivity contribution in [2.45, 2.75) is 6.42 Å². The highest BCUT2D eigenvalue weighted by Gasteiger charge is 2.01. The summed E-state index contributed by atoms with van der Waals surface area (Å²) in [6.45, 7) is 0. The molecule has 0 heterocycles. The molecule has 1 aromatic carbocycles. The molecule has 1 rings (SSSR count). The van der Waals surface area contributed by atoms with Crippen LogP contribution in [0.4, 0.5) is 0 Å². The lowest BCUT2D eigenvalue weighted by molar-refractivity contribution is -0.109. The van der Waals surface area contributed by atoms with Crippen LogP contribution in [0.15, 0.2) is 24.3 Å². The highest BCUT2D eigenvalue weighted by Crippen LogP contribution is 2.16. The van der Waals surface area contributed by atoms with Crippen molar-refractivity contribution < 1.29 is 4.79 Å². The van der Waals surface area contributed by atoms with Gasteiger partial charge in [-0.2, -0.15) is 0 Å². The van der Waals surface area contributed by atoms with Crippen LogP contribution in [-0.2, 0) is 11.2 Å². The van der Waals surface area contributed by atoms with Gasteiger partial charge in [0.15, 0.2) is 0 Å². The zero-order valence-corrected chi connectivity index (χ0v) is 8.02. The number of rotatable bonds is 2. The maximum Gasteiger partial charge on any atom is 0.202 e. The molecule has 0 spiro atoms. The first-order chi connectivity index (χ1) is 5.20. The van der Waals surface area contributed by atoms with Crippen LogP contribution in [0.2, 0.25) is 5.02 Å². The van der Waals surface area contributed by atoms with E-state index in [-0.39, 0.29) is 4.69 Å². The lowest BCUT2D eigenvalue weighted by Crippen LogP contribution is -1.92. The quantitative estimate of drug-likeness (QED) is 0.718. The number of benzene rings is 1. The zero-order valence-electron chi connectivity index (χ0n) is 5.68. The smallest absolute Gasteiger partial charge is 0.202 e. The second kappa shape index (κ2) is 3.88. The molecule has 0 atom stereocenters. The van der Waals surface area contributed by atoms with Gasteiger partial charge in [-0.15, -0.1) is 0 Å². The van der Waals surface area contributed by atoms with E-state index in [1.165, 1.54) is 0 Å². The molecule has 3 heteroatoms.